The van der Waals surface area contributed by atoms with E-state index in [-0.39, 0.29) is 28.0 Å². The number of ether oxygens (including phenoxy) is 5. The summed E-state index contributed by atoms with van der Waals surface area (Å²) in [6.45, 7) is 1.17. The van der Waals surface area contributed by atoms with Crippen molar-refractivity contribution < 1.29 is 47.1 Å². The van der Waals surface area contributed by atoms with E-state index in [1.165, 1.54) is 36.4 Å². The normalized spacial score (nSPS) is 21.1. The predicted octanol–water partition coefficient (Wildman–Crippen LogP) is 5.01. The van der Waals surface area contributed by atoms with Gasteiger partial charge in [0.1, 0.15) is 12.7 Å². The van der Waals surface area contributed by atoms with Crippen molar-refractivity contribution >= 4 is 34.7 Å². The summed E-state index contributed by atoms with van der Waals surface area (Å²) in [7, 11) is -1.80. The number of carbonyl (C=O) groups excluding carboxylic acids is 4. The van der Waals surface area contributed by atoms with E-state index in [0.717, 1.165) is 0 Å². The van der Waals surface area contributed by atoms with Crippen LogP contribution in [0, 0.1) is 0 Å². The zero-order chi connectivity index (χ0) is 33.2. The molecule has 1 saturated heterocycles. The van der Waals surface area contributed by atoms with Gasteiger partial charge in [-0.25, -0.2) is 19.2 Å². The minimum absolute atomic E-state index is 0.0778. The summed E-state index contributed by atoms with van der Waals surface area (Å²) in [4.78, 5) is 53.3. The fourth-order valence-electron chi connectivity index (χ4n) is 4.90. The maximum absolute atomic E-state index is 13.5. The van der Waals surface area contributed by atoms with Gasteiger partial charge in [-0.1, -0.05) is 79.7 Å². The summed E-state index contributed by atoms with van der Waals surface area (Å²) in [5, 5.41) is 0. The topological polar surface area (TPSA) is 132 Å². The lowest BCUT2D eigenvalue weighted by atomic mass is 9.98. The summed E-state index contributed by atoms with van der Waals surface area (Å²) in [5.74, 6) is -3.04. The molecular formula is C36H32O10S. The molecule has 6 atom stereocenters. The van der Waals surface area contributed by atoms with Crippen LogP contribution in [0.5, 0.6) is 0 Å². The first-order chi connectivity index (χ1) is 22.9. The lowest BCUT2D eigenvalue weighted by Gasteiger charge is -2.44. The van der Waals surface area contributed by atoms with Crippen LogP contribution in [0.2, 0.25) is 0 Å². The van der Waals surface area contributed by atoms with Crippen LogP contribution >= 0.6 is 0 Å². The van der Waals surface area contributed by atoms with Crippen molar-refractivity contribution in [1.29, 1.82) is 0 Å². The van der Waals surface area contributed by atoms with Gasteiger partial charge in [-0.15, -0.1) is 0 Å². The van der Waals surface area contributed by atoms with Gasteiger partial charge in [0.05, 0.1) is 33.1 Å². The van der Waals surface area contributed by atoms with Crippen molar-refractivity contribution in [1.82, 2.24) is 0 Å². The highest BCUT2D eigenvalue weighted by Gasteiger charge is 2.54. The van der Waals surface area contributed by atoms with E-state index in [0.29, 0.717) is 0 Å². The van der Waals surface area contributed by atoms with Crippen LogP contribution in [-0.2, 0) is 34.5 Å². The fraction of sp³-hybridized carbons (Fsp3) is 0.222. The number of benzene rings is 4. The van der Waals surface area contributed by atoms with Gasteiger partial charge < -0.3 is 23.7 Å². The van der Waals surface area contributed by atoms with Crippen LogP contribution in [0.15, 0.2) is 121 Å². The Morgan fingerprint density at radius 1 is 0.553 bits per heavy atom. The highest BCUT2D eigenvalue weighted by Crippen LogP contribution is 2.32. The van der Waals surface area contributed by atoms with Gasteiger partial charge in [-0.3, -0.25) is 4.21 Å². The molecule has 0 aromatic heterocycles. The van der Waals surface area contributed by atoms with Gasteiger partial charge in [-0.2, -0.15) is 0 Å². The smallest absolute Gasteiger partial charge is 0.338 e. The highest BCUT2D eigenvalue weighted by molar-refractivity contribution is 7.85. The van der Waals surface area contributed by atoms with Gasteiger partial charge in [0, 0.05) is 5.75 Å². The minimum Gasteiger partial charge on any atom is -0.459 e. The third-order valence-corrected chi connectivity index (χ3v) is 8.75. The van der Waals surface area contributed by atoms with Crippen LogP contribution in [0.1, 0.15) is 48.4 Å². The van der Waals surface area contributed by atoms with E-state index in [4.69, 9.17) is 23.7 Å². The number of hydrogen-bond donors (Lipinski definition) is 0. The Hall–Kier alpha value is -5.13. The third kappa shape index (κ3) is 8.37. The molecule has 0 amide bonds. The second-order valence-corrected chi connectivity index (χ2v) is 12.2. The fourth-order valence-corrected chi connectivity index (χ4v) is 6.01. The Morgan fingerprint density at radius 3 is 1.32 bits per heavy atom. The second kappa shape index (κ2) is 15.9. The zero-order valence-electron chi connectivity index (χ0n) is 25.3. The lowest BCUT2D eigenvalue weighted by molar-refractivity contribution is -0.208. The zero-order valence-corrected chi connectivity index (χ0v) is 26.2. The first-order valence-corrected chi connectivity index (χ1v) is 16.3. The minimum atomic E-state index is -1.80. The number of rotatable bonds is 11. The maximum atomic E-state index is 13.5. The molecule has 1 fully saturated rings. The first kappa shape index (κ1) is 33.2. The molecule has 0 bridgehead atoms. The van der Waals surface area contributed by atoms with E-state index >= 15 is 0 Å². The molecule has 0 aliphatic carbocycles. The third-order valence-electron chi connectivity index (χ3n) is 7.28. The first-order valence-electron chi connectivity index (χ1n) is 14.9. The van der Waals surface area contributed by atoms with Gasteiger partial charge in [0.15, 0.2) is 23.7 Å². The summed E-state index contributed by atoms with van der Waals surface area (Å²) in [5.41, 5.74) is -0.568. The molecule has 0 saturated carbocycles. The van der Waals surface area contributed by atoms with E-state index in [1.807, 2.05) is 0 Å². The van der Waals surface area contributed by atoms with Crippen molar-refractivity contribution in [3.63, 3.8) is 0 Å². The van der Waals surface area contributed by atoms with Gasteiger partial charge in [0.25, 0.3) is 0 Å². The van der Waals surface area contributed by atoms with E-state index in [9.17, 15) is 23.4 Å². The molecule has 47 heavy (non-hydrogen) atoms. The lowest BCUT2D eigenvalue weighted by Crippen LogP contribution is -2.63. The Bertz CT molecular complexity index is 1680. The molecule has 4 aromatic carbocycles. The SMILES string of the molecule is CCS(=O)[C@@H]1O[C@H](COC(=O)c2ccccc2)[C@@H](OC(=O)c2ccccc2)[C@H](OC(=O)c2ccccc2)[C@H]1OC(=O)c1ccccc1. The summed E-state index contributed by atoms with van der Waals surface area (Å²) < 4.78 is 43.1. The van der Waals surface area contributed by atoms with Crippen molar-refractivity contribution in [3.05, 3.63) is 144 Å². The molecule has 5 rings (SSSR count). The van der Waals surface area contributed by atoms with Gasteiger partial charge in [-0.05, 0) is 48.5 Å². The quantitative estimate of drug-likeness (QED) is 0.160. The summed E-state index contributed by atoms with van der Waals surface area (Å²) in [6, 6.07) is 32.4. The second-order valence-electron chi connectivity index (χ2n) is 10.4. The monoisotopic (exact) mass is 656 g/mol. The largest absolute Gasteiger partial charge is 0.459 e. The molecule has 1 aliphatic rings. The Labute approximate surface area is 274 Å². The molecule has 1 heterocycles. The molecule has 242 valence electrons. The molecule has 4 aromatic rings. The maximum Gasteiger partial charge on any atom is 0.338 e. The molecule has 1 aliphatic heterocycles. The van der Waals surface area contributed by atoms with E-state index in [2.05, 4.69) is 0 Å². The average molecular weight is 657 g/mol. The number of hydrogen-bond acceptors (Lipinski definition) is 10. The summed E-state index contributed by atoms with van der Waals surface area (Å²) >= 11 is 0. The average Bonchev–Trinajstić information content (AvgIpc) is 3.13. The molecule has 1 unspecified atom stereocenters. The Kier molecular flexibility index (Phi) is 11.3. The van der Waals surface area contributed by atoms with Crippen molar-refractivity contribution in [2.45, 2.75) is 36.8 Å². The molecule has 0 spiro atoms. The Balaban J connectivity index is 1.55. The van der Waals surface area contributed by atoms with Crippen LogP contribution < -0.4 is 0 Å². The number of esters is 4. The summed E-state index contributed by atoms with van der Waals surface area (Å²) in [6.07, 6.45) is -5.78. The molecule has 11 heteroatoms. The molecule has 0 radical (unpaired) electrons. The standard InChI is InChI=1S/C36H32O10S/c1-2-47(41)36-31(46-35(40)27-21-13-6-14-22-27)30(45-34(39)26-19-11-5-12-20-26)29(44-33(38)25-17-9-4-10-18-25)28(43-36)23-42-32(37)24-15-7-3-8-16-24/h3-22,28-31,36H,2,23H2,1H3/t28-,29-,30+,31-,36+,47?/m1/s1. The Morgan fingerprint density at radius 2 is 0.915 bits per heavy atom. The molecule has 10 nitrogen and oxygen atoms in total. The van der Waals surface area contributed by atoms with E-state index in [1.54, 1.807) is 91.9 Å². The van der Waals surface area contributed by atoms with Crippen molar-refractivity contribution in [3.8, 4) is 0 Å². The van der Waals surface area contributed by atoms with Gasteiger partial charge >= 0.3 is 23.9 Å². The van der Waals surface area contributed by atoms with E-state index < -0.39 is 71.1 Å². The van der Waals surface area contributed by atoms with Crippen LogP contribution in [0.25, 0.3) is 0 Å². The predicted molar refractivity (Wildman–Crippen MR) is 171 cm³/mol. The molecule has 0 N–H and O–H groups in total. The molecular weight excluding hydrogens is 624 g/mol. The van der Waals surface area contributed by atoms with Crippen LogP contribution in [0.4, 0.5) is 0 Å². The van der Waals surface area contributed by atoms with Crippen LogP contribution in [-0.4, -0.2) is 70.3 Å². The number of carbonyl (C=O) groups is 4. The van der Waals surface area contributed by atoms with Gasteiger partial charge in [0.2, 0.25) is 0 Å². The van der Waals surface area contributed by atoms with Crippen LogP contribution in [0.3, 0.4) is 0 Å². The van der Waals surface area contributed by atoms with Crippen molar-refractivity contribution in [2.24, 2.45) is 0 Å². The highest BCUT2D eigenvalue weighted by atomic mass is 32.2. The van der Waals surface area contributed by atoms with Crippen molar-refractivity contribution in [2.75, 3.05) is 12.4 Å².